The van der Waals surface area contributed by atoms with Gasteiger partial charge in [-0.2, -0.15) is 0 Å². The predicted octanol–water partition coefficient (Wildman–Crippen LogP) is 9.61. The Bertz CT molecular complexity index is 1020. The Morgan fingerprint density at radius 2 is 1.39 bits per heavy atom. The van der Waals surface area contributed by atoms with Crippen LogP contribution in [0.25, 0.3) is 22.3 Å². The summed E-state index contributed by atoms with van der Waals surface area (Å²) in [5, 5.41) is 0. The van der Waals surface area contributed by atoms with Crippen molar-refractivity contribution in [3.05, 3.63) is 89.5 Å². The van der Waals surface area contributed by atoms with Gasteiger partial charge in [-0.1, -0.05) is 99.0 Å². The van der Waals surface area contributed by atoms with E-state index in [0.717, 1.165) is 18.6 Å². The lowest BCUT2D eigenvalue weighted by Crippen LogP contribution is -1.98. The Balaban J connectivity index is 1.71. The molecular formula is C32H40O. The molecule has 1 atom stereocenters. The summed E-state index contributed by atoms with van der Waals surface area (Å²) >= 11 is 0. The second kappa shape index (κ2) is 12.4. The van der Waals surface area contributed by atoms with Crippen LogP contribution in [0.3, 0.4) is 0 Å². The van der Waals surface area contributed by atoms with E-state index in [1.165, 1.54) is 64.6 Å². The van der Waals surface area contributed by atoms with E-state index < -0.39 is 0 Å². The van der Waals surface area contributed by atoms with E-state index >= 15 is 0 Å². The van der Waals surface area contributed by atoms with Crippen LogP contribution < -0.4 is 4.74 Å². The molecule has 0 aliphatic heterocycles. The fraction of sp³-hybridized carbons (Fsp3) is 0.375. The SMILES string of the molecule is CCCCCc1ccc(-c2ccc(-c3ccc(C(C)CCC=C(C)C)c(OC)c3)cc2)cc1. The minimum Gasteiger partial charge on any atom is -0.496 e. The summed E-state index contributed by atoms with van der Waals surface area (Å²) in [6, 6.07) is 24.6. The quantitative estimate of drug-likeness (QED) is 0.213. The number of hydrogen-bond acceptors (Lipinski definition) is 1. The summed E-state index contributed by atoms with van der Waals surface area (Å²) in [5.41, 5.74) is 9.07. The minimum atomic E-state index is 0.469. The molecule has 0 heterocycles. The van der Waals surface area contributed by atoms with E-state index in [9.17, 15) is 0 Å². The Morgan fingerprint density at radius 3 is 1.97 bits per heavy atom. The van der Waals surface area contributed by atoms with Crippen LogP contribution >= 0.6 is 0 Å². The number of unbranched alkanes of at least 4 members (excludes halogenated alkanes) is 2. The standard InChI is InChI=1S/C32H40O/c1-6-7-8-12-26-13-15-27(16-14-26)28-17-19-29(20-18-28)30-21-22-31(32(23-30)33-5)25(4)11-9-10-24(2)3/h10,13-23,25H,6-9,11-12H2,1-5H3. The van der Waals surface area contributed by atoms with Crippen molar-refractivity contribution in [3.8, 4) is 28.0 Å². The Labute approximate surface area is 201 Å². The highest BCUT2D eigenvalue weighted by Gasteiger charge is 2.12. The van der Waals surface area contributed by atoms with E-state index in [4.69, 9.17) is 4.74 Å². The smallest absolute Gasteiger partial charge is 0.122 e. The van der Waals surface area contributed by atoms with Crippen LogP contribution in [-0.4, -0.2) is 7.11 Å². The summed E-state index contributed by atoms with van der Waals surface area (Å²) in [5.74, 6) is 1.46. The van der Waals surface area contributed by atoms with Gasteiger partial charge in [0.1, 0.15) is 5.75 Å². The van der Waals surface area contributed by atoms with Crippen molar-refractivity contribution in [1.82, 2.24) is 0 Å². The number of allylic oxidation sites excluding steroid dienone is 2. The summed E-state index contributed by atoms with van der Waals surface area (Å²) in [4.78, 5) is 0. The molecule has 0 saturated carbocycles. The van der Waals surface area contributed by atoms with Gasteiger partial charge >= 0.3 is 0 Å². The van der Waals surface area contributed by atoms with Gasteiger partial charge in [0.15, 0.2) is 0 Å². The van der Waals surface area contributed by atoms with E-state index in [2.05, 4.69) is 101 Å². The van der Waals surface area contributed by atoms with Gasteiger partial charge < -0.3 is 4.74 Å². The van der Waals surface area contributed by atoms with Crippen LogP contribution in [-0.2, 0) is 6.42 Å². The fourth-order valence-corrected chi connectivity index (χ4v) is 4.37. The Kier molecular flexibility index (Phi) is 9.36. The van der Waals surface area contributed by atoms with Crippen LogP contribution in [0.15, 0.2) is 78.4 Å². The van der Waals surface area contributed by atoms with Crippen molar-refractivity contribution in [3.63, 3.8) is 0 Å². The number of benzene rings is 3. The van der Waals surface area contributed by atoms with Crippen molar-refractivity contribution in [2.45, 2.75) is 72.1 Å². The van der Waals surface area contributed by atoms with Crippen LogP contribution in [0.2, 0.25) is 0 Å². The van der Waals surface area contributed by atoms with Gasteiger partial charge in [-0.05, 0) is 84.9 Å². The highest BCUT2D eigenvalue weighted by Crippen LogP contribution is 2.34. The highest BCUT2D eigenvalue weighted by atomic mass is 16.5. The van der Waals surface area contributed by atoms with Gasteiger partial charge in [-0.15, -0.1) is 0 Å². The molecule has 1 nitrogen and oxygen atoms in total. The topological polar surface area (TPSA) is 9.23 Å². The zero-order valence-corrected chi connectivity index (χ0v) is 21.2. The summed E-state index contributed by atoms with van der Waals surface area (Å²) < 4.78 is 5.78. The van der Waals surface area contributed by atoms with E-state index in [-0.39, 0.29) is 0 Å². The second-order valence-electron chi connectivity index (χ2n) is 9.45. The van der Waals surface area contributed by atoms with Crippen molar-refractivity contribution >= 4 is 0 Å². The van der Waals surface area contributed by atoms with Crippen LogP contribution in [0, 0.1) is 0 Å². The molecule has 0 aliphatic rings. The highest BCUT2D eigenvalue weighted by molar-refractivity contribution is 5.71. The van der Waals surface area contributed by atoms with Crippen LogP contribution in [0.4, 0.5) is 0 Å². The fourth-order valence-electron chi connectivity index (χ4n) is 4.37. The summed E-state index contributed by atoms with van der Waals surface area (Å²) in [6.45, 7) is 8.87. The molecular weight excluding hydrogens is 400 g/mol. The van der Waals surface area contributed by atoms with E-state index in [0.29, 0.717) is 5.92 Å². The number of methoxy groups -OCH3 is 1. The average Bonchev–Trinajstić information content (AvgIpc) is 2.84. The van der Waals surface area contributed by atoms with E-state index in [1.54, 1.807) is 7.11 Å². The average molecular weight is 441 g/mol. The zero-order valence-electron chi connectivity index (χ0n) is 21.2. The number of hydrogen-bond donors (Lipinski definition) is 0. The van der Waals surface area contributed by atoms with Crippen LogP contribution in [0.5, 0.6) is 5.75 Å². The molecule has 3 aromatic rings. The van der Waals surface area contributed by atoms with Gasteiger partial charge in [-0.3, -0.25) is 0 Å². The van der Waals surface area contributed by atoms with Crippen molar-refractivity contribution in [1.29, 1.82) is 0 Å². The third-order valence-electron chi connectivity index (χ3n) is 6.49. The normalized spacial score (nSPS) is 11.8. The largest absolute Gasteiger partial charge is 0.496 e. The molecule has 0 bridgehead atoms. The molecule has 174 valence electrons. The first kappa shape index (κ1) is 24.8. The van der Waals surface area contributed by atoms with Crippen LogP contribution in [0.1, 0.15) is 76.8 Å². The molecule has 3 aromatic carbocycles. The van der Waals surface area contributed by atoms with Gasteiger partial charge in [-0.25, -0.2) is 0 Å². The molecule has 0 aliphatic carbocycles. The predicted molar refractivity (Wildman–Crippen MR) is 144 cm³/mol. The van der Waals surface area contributed by atoms with Gasteiger partial charge in [0.2, 0.25) is 0 Å². The molecule has 0 radical (unpaired) electrons. The lowest BCUT2D eigenvalue weighted by atomic mass is 9.92. The maximum absolute atomic E-state index is 5.78. The van der Waals surface area contributed by atoms with Gasteiger partial charge in [0.25, 0.3) is 0 Å². The molecule has 0 N–H and O–H groups in total. The second-order valence-corrected chi connectivity index (χ2v) is 9.45. The first-order valence-electron chi connectivity index (χ1n) is 12.5. The lowest BCUT2D eigenvalue weighted by Gasteiger charge is -2.17. The molecule has 0 amide bonds. The zero-order chi connectivity index (χ0) is 23.6. The maximum atomic E-state index is 5.78. The summed E-state index contributed by atoms with van der Waals surface area (Å²) in [7, 11) is 1.78. The number of rotatable bonds is 11. The number of ether oxygens (including phenoxy) is 1. The first-order valence-corrected chi connectivity index (χ1v) is 12.5. The first-order chi connectivity index (χ1) is 16.0. The maximum Gasteiger partial charge on any atom is 0.122 e. The monoisotopic (exact) mass is 440 g/mol. The number of aryl methyl sites for hydroxylation is 1. The van der Waals surface area contributed by atoms with Gasteiger partial charge in [0.05, 0.1) is 7.11 Å². The molecule has 0 aromatic heterocycles. The van der Waals surface area contributed by atoms with Crippen molar-refractivity contribution in [2.24, 2.45) is 0 Å². The molecule has 1 heteroatoms. The van der Waals surface area contributed by atoms with Crippen molar-refractivity contribution in [2.75, 3.05) is 7.11 Å². The van der Waals surface area contributed by atoms with E-state index in [1.807, 2.05) is 0 Å². The van der Waals surface area contributed by atoms with Gasteiger partial charge in [0, 0.05) is 0 Å². The molecule has 3 rings (SSSR count). The molecule has 1 unspecified atom stereocenters. The Morgan fingerprint density at radius 1 is 0.818 bits per heavy atom. The third-order valence-corrected chi connectivity index (χ3v) is 6.49. The molecule has 0 saturated heterocycles. The lowest BCUT2D eigenvalue weighted by molar-refractivity contribution is 0.405. The van der Waals surface area contributed by atoms with Crippen molar-refractivity contribution < 1.29 is 4.74 Å². The minimum absolute atomic E-state index is 0.469. The summed E-state index contributed by atoms with van der Waals surface area (Å²) in [6.07, 6.45) is 9.60. The third kappa shape index (κ3) is 7.09. The Hall–Kier alpha value is -2.80. The molecule has 0 spiro atoms. The molecule has 0 fully saturated rings. The molecule has 33 heavy (non-hydrogen) atoms.